The van der Waals surface area contributed by atoms with E-state index in [1.165, 1.54) is 10.6 Å². The fourth-order valence-corrected chi connectivity index (χ4v) is 4.59. The molecule has 0 bridgehead atoms. The summed E-state index contributed by atoms with van der Waals surface area (Å²) < 4.78 is 29.4. The number of nitrogens with zero attached hydrogens (tertiary/aromatic N) is 2. The van der Waals surface area contributed by atoms with Gasteiger partial charge in [0.25, 0.3) is 5.56 Å². The Morgan fingerprint density at radius 1 is 1.23 bits per heavy atom. The molecular formula is C18H23IN6O5S. The first-order chi connectivity index (χ1) is 14.6. The van der Waals surface area contributed by atoms with Crippen molar-refractivity contribution in [3.63, 3.8) is 0 Å². The summed E-state index contributed by atoms with van der Waals surface area (Å²) in [5.41, 5.74) is 10.6. The van der Waals surface area contributed by atoms with Gasteiger partial charge in [0, 0.05) is 9.26 Å². The first-order valence-electron chi connectivity index (χ1n) is 9.01. The normalized spacial score (nSPS) is 10.9. The van der Waals surface area contributed by atoms with Gasteiger partial charge in [-0.05, 0) is 58.4 Å². The van der Waals surface area contributed by atoms with Gasteiger partial charge in [-0.25, -0.2) is 8.42 Å². The van der Waals surface area contributed by atoms with Crippen molar-refractivity contribution in [2.75, 3.05) is 17.9 Å². The van der Waals surface area contributed by atoms with Gasteiger partial charge in [0.05, 0.1) is 12.3 Å². The molecule has 31 heavy (non-hydrogen) atoms. The maximum Gasteiger partial charge on any atom is 0.275 e. The van der Waals surface area contributed by atoms with E-state index in [-0.39, 0.29) is 37.1 Å². The number of amides is 1. The van der Waals surface area contributed by atoms with Crippen molar-refractivity contribution in [2.24, 2.45) is 16.6 Å². The number of hydrogen-bond acceptors (Lipinski definition) is 6. The van der Waals surface area contributed by atoms with Crippen molar-refractivity contribution in [3.8, 4) is 0 Å². The van der Waals surface area contributed by atoms with Gasteiger partial charge < -0.3 is 26.2 Å². The molecule has 168 valence electrons. The second-order valence-electron chi connectivity index (χ2n) is 6.43. The summed E-state index contributed by atoms with van der Waals surface area (Å²) in [6.07, 6.45) is 0. The fourth-order valence-electron chi connectivity index (χ4n) is 2.52. The summed E-state index contributed by atoms with van der Waals surface area (Å²) in [6.45, 7) is 1.50. The summed E-state index contributed by atoms with van der Waals surface area (Å²) in [7, 11) is -3.84. The molecule has 1 amide bonds. The van der Waals surface area contributed by atoms with Gasteiger partial charge >= 0.3 is 0 Å². The number of aryl methyl sites for hydroxylation is 1. The van der Waals surface area contributed by atoms with Gasteiger partial charge in [-0.15, -0.1) is 0 Å². The predicted molar refractivity (Wildman–Crippen MR) is 126 cm³/mol. The molecule has 0 aliphatic heterocycles. The van der Waals surface area contributed by atoms with Gasteiger partial charge in [0.1, 0.15) is 18.8 Å². The number of carbonyl (C=O) groups is 1. The smallest absolute Gasteiger partial charge is 0.275 e. The molecule has 13 heteroatoms. The molecule has 1 aromatic carbocycles. The van der Waals surface area contributed by atoms with E-state index in [1.54, 1.807) is 31.2 Å². The number of sulfonamides is 1. The van der Waals surface area contributed by atoms with Crippen molar-refractivity contribution in [3.05, 3.63) is 61.6 Å². The number of halogens is 1. The third kappa shape index (κ3) is 7.75. The topological polar surface area (TPSA) is 171 Å². The third-order valence-electron chi connectivity index (χ3n) is 3.95. The molecule has 11 nitrogen and oxygen atoms in total. The van der Waals surface area contributed by atoms with Gasteiger partial charge in [-0.1, -0.05) is 18.2 Å². The first kappa shape index (κ1) is 24.5. The number of benzene rings is 1. The average Bonchev–Trinajstić information content (AvgIpc) is 2.68. The monoisotopic (exact) mass is 562 g/mol. The predicted octanol–water partition coefficient (Wildman–Crippen LogP) is 0.0244. The quantitative estimate of drug-likeness (QED) is 0.104. The minimum absolute atomic E-state index is 0.0373. The van der Waals surface area contributed by atoms with Crippen LogP contribution in [0.1, 0.15) is 11.3 Å². The average molecular weight is 562 g/mol. The lowest BCUT2D eigenvalue weighted by molar-refractivity contribution is -0.122. The lowest BCUT2D eigenvalue weighted by atomic mass is 10.2. The van der Waals surface area contributed by atoms with E-state index >= 15 is 0 Å². The number of pyridine rings is 1. The van der Waals surface area contributed by atoms with Gasteiger partial charge in [-0.2, -0.15) is 0 Å². The van der Waals surface area contributed by atoms with Crippen LogP contribution in [0.15, 0.2) is 46.3 Å². The van der Waals surface area contributed by atoms with Crippen LogP contribution < -0.4 is 27.1 Å². The summed E-state index contributed by atoms with van der Waals surface area (Å²) in [5, 5.41) is 5.87. The molecule has 0 radical (unpaired) electrons. The van der Waals surface area contributed by atoms with E-state index < -0.39 is 21.5 Å². The molecular weight excluding hydrogens is 539 g/mol. The number of anilines is 1. The van der Waals surface area contributed by atoms with E-state index in [9.17, 15) is 18.0 Å². The number of carbonyl (C=O) groups excluding carboxylic acids is 1. The summed E-state index contributed by atoms with van der Waals surface area (Å²) >= 11 is 2.05. The highest BCUT2D eigenvalue weighted by atomic mass is 127. The Morgan fingerprint density at radius 2 is 1.94 bits per heavy atom. The molecule has 0 fully saturated rings. The summed E-state index contributed by atoms with van der Waals surface area (Å²) in [4.78, 5) is 29.6. The van der Waals surface area contributed by atoms with E-state index in [2.05, 4.69) is 15.2 Å². The lowest BCUT2D eigenvalue weighted by Gasteiger charge is -2.14. The van der Waals surface area contributed by atoms with Gasteiger partial charge in [0.15, 0.2) is 0 Å². The van der Waals surface area contributed by atoms with Crippen LogP contribution in [-0.2, 0) is 32.0 Å². The third-order valence-corrected chi connectivity index (χ3v) is 6.22. The van der Waals surface area contributed by atoms with Gasteiger partial charge in [0.2, 0.25) is 21.9 Å². The van der Waals surface area contributed by atoms with E-state index in [4.69, 9.17) is 16.3 Å². The highest BCUT2D eigenvalue weighted by Gasteiger charge is 2.17. The van der Waals surface area contributed by atoms with Crippen LogP contribution in [0.3, 0.4) is 0 Å². The highest BCUT2D eigenvalue weighted by Crippen LogP contribution is 2.16. The maximum absolute atomic E-state index is 12.8. The number of nitrogens with one attached hydrogen (secondary N) is 2. The van der Waals surface area contributed by atoms with Gasteiger partial charge in [-0.3, -0.25) is 14.3 Å². The highest BCUT2D eigenvalue weighted by molar-refractivity contribution is 14.1. The minimum Gasteiger partial charge on any atom is -0.391 e. The zero-order valence-electron chi connectivity index (χ0n) is 16.7. The molecule has 0 atom stereocenters. The Morgan fingerprint density at radius 3 is 2.61 bits per heavy atom. The molecule has 0 spiro atoms. The number of rotatable bonds is 10. The molecule has 6 N–H and O–H groups in total. The molecule has 2 aromatic rings. The first-order valence-corrected chi connectivity index (χ1v) is 11.7. The van der Waals surface area contributed by atoms with Crippen molar-refractivity contribution in [1.29, 1.82) is 0 Å². The largest absolute Gasteiger partial charge is 0.391 e. The molecule has 0 aliphatic carbocycles. The molecule has 0 unspecified atom stereocenters. The molecule has 0 saturated heterocycles. The van der Waals surface area contributed by atoms with Crippen LogP contribution in [0, 0.1) is 10.5 Å². The second kappa shape index (κ2) is 11.0. The van der Waals surface area contributed by atoms with Crippen molar-refractivity contribution in [1.82, 2.24) is 9.88 Å². The van der Waals surface area contributed by atoms with Crippen LogP contribution in [-0.4, -0.2) is 38.0 Å². The lowest BCUT2D eigenvalue weighted by Crippen LogP contribution is -2.36. The Hall–Kier alpha value is -2.81. The molecule has 1 heterocycles. The standard InChI is InChI=1S/C18H23IN6O5S/c1-12-6-7-15(24-31(28,29)11-13-4-2-3-5-14(13)19)17(27)25(12)10-16(26)22-8-9-30-23-18(20)21/h2-7,24H,8-11H2,1H3,(H,22,26)(H4,20,21,23). The summed E-state index contributed by atoms with van der Waals surface area (Å²) in [5.74, 6) is -0.984. The molecule has 0 saturated carbocycles. The number of aromatic nitrogens is 1. The summed E-state index contributed by atoms with van der Waals surface area (Å²) in [6, 6.07) is 9.99. The fraction of sp³-hybridized carbons (Fsp3) is 0.278. The van der Waals surface area contributed by atoms with Crippen molar-refractivity contribution in [2.45, 2.75) is 19.2 Å². The van der Waals surface area contributed by atoms with E-state index in [1.807, 2.05) is 28.7 Å². The number of nitrogens with two attached hydrogens (primary N) is 2. The van der Waals surface area contributed by atoms with E-state index in [0.717, 1.165) is 3.57 Å². The Labute approximate surface area is 193 Å². The van der Waals surface area contributed by atoms with Crippen LogP contribution in [0.2, 0.25) is 0 Å². The Bertz CT molecular complexity index is 1130. The van der Waals surface area contributed by atoms with Crippen LogP contribution in [0.25, 0.3) is 0 Å². The SMILES string of the molecule is Cc1ccc(NS(=O)(=O)Cc2ccccc2I)c(=O)n1CC(=O)NCCON=C(N)N. The zero-order chi connectivity index (χ0) is 23.0. The Kier molecular flexibility index (Phi) is 8.67. The molecule has 2 rings (SSSR count). The second-order valence-corrected chi connectivity index (χ2v) is 9.32. The number of oxime groups is 1. The Balaban J connectivity index is 2.08. The zero-order valence-corrected chi connectivity index (χ0v) is 19.6. The van der Waals surface area contributed by atoms with Crippen LogP contribution in [0.5, 0.6) is 0 Å². The number of hydrogen-bond donors (Lipinski definition) is 4. The van der Waals surface area contributed by atoms with Crippen LogP contribution >= 0.6 is 22.6 Å². The van der Waals surface area contributed by atoms with E-state index in [0.29, 0.717) is 11.3 Å². The molecule has 1 aromatic heterocycles. The van der Waals surface area contributed by atoms with Crippen molar-refractivity contribution < 1.29 is 18.0 Å². The molecule has 0 aliphatic rings. The minimum atomic E-state index is -3.84. The maximum atomic E-state index is 12.8. The number of guanidine groups is 1. The van der Waals surface area contributed by atoms with Crippen molar-refractivity contribution >= 4 is 50.2 Å². The van der Waals surface area contributed by atoms with Crippen LogP contribution in [0.4, 0.5) is 5.69 Å².